The number of ether oxygens (including phenoxy) is 1. The normalized spacial score (nSPS) is 16.3. The van der Waals surface area contributed by atoms with E-state index < -0.39 is 17.5 Å². The third-order valence-corrected chi connectivity index (χ3v) is 4.40. The van der Waals surface area contributed by atoms with Crippen LogP contribution < -0.4 is 11.1 Å². The minimum absolute atomic E-state index is 0.367. The van der Waals surface area contributed by atoms with E-state index in [-0.39, 0.29) is 0 Å². The maximum absolute atomic E-state index is 12.6. The Morgan fingerprint density at radius 1 is 0.917 bits per heavy atom. The highest BCUT2D eigenvalue weighted by atomic mass is 16.6. The molecule has 0 bridgehead atoms. The molecule has 124 valence electrons. The van der Waals surface area contributed by atoms with Gasteiger partial charge in [-0.05, 0) is 42.9 Å². The minimum Gasteiger partial charge on any atom is -0.450 e. The van der Waals surface area contributed by atoms with Gasteiger partial charge in [0.05, 0.1) is 5.56 Å². The van der Waals surface area contributed by atoms with Crippen molar-refractivity contribution in [1.29, 1.82) is 0 Å². The molecule has 3 rings (SSSR count). The zero-order chi connectivity index (χ0) is 17.0. The van der Waals surface area contributed by atoms with Gasteiger partial charge in [-0.15, -0.1) is 0 Å². The summed E-state index contributed by atoms with van der Waals surface area (Å²) in [6, 6.07) is 16.1. The largest absolute Gasteiger partial charge is 0.450 e. The fourth-order valence-electron chi connectivity index (χ4n) is 3.03. The molecule has 0 saturated carbocycles. The van der Waals surface area contributed by atoms with Crippen LogP contribution >= 0.6 is 0 Å². The molecule has 24 heavy (non-hydrogen) atoms. The average molecular weight is 324 g/mol. The number of carbonyl (C=O) groups excluding carboxylic acids is 2. The summed E-state index contributed by atoms with van der Waals surface area (Å²) < 4.78 is 5.96. The monoisotopic (exact) mass is 324 g/mol. The predicted molar refractivity (Wildman–Crippen MR) is 90.6 cm³/mol. The van der Waals surface area contributed by atoms with E-state index in [1.165, 1.54) is 12.1 Å². The first-order valence-corrected chi connectivity index (χ1v) is 8.00. The molecule has 0 atom stereocenters. The standard InChI is InChI=1S/C19H20N2O3/c20-17(22)14-6-8-15(9-7-14)18(23)24-19(10-12-21-13-11-19)16-4-2-1-3-5-16/h1-9,21H,10-13H2,(H2,20,22). The maximum Gasteiger partial charge on any atom is 0.339 e. The number of nitrogens with one attached hydrogen (secondary N) is 1. The van der Waals surface area contributed by atoms with Crippen LogP contribution in [0.3, 0.4) is 0 Å². The summed E-state index contributed by atoms with van der Waals surface area (Å²) in [5.41, 5.74) is 6.39. The van der Waals surface area contributed by atoms with Gasteiger partial charge in [-0.2, -0.15) is 0 Å². The van der Waals surface area contributed by atoms with E-state index in [0.717, 1.165) is 31.5 Å². The molecule has 0 spiro atoms. The highest BCUT2D eigenvalue weighted by Gasteiger charge is 2.38. The van der Waals surface area contributed by atoms with Gasteiger partial charge in [0, 0.05) is 18.4 Å². The molecule has 1 saturated heterocycles. The van der Waals surface area contributed by atoms with Crippen LogP contribution in [0.2, 0.25) is 0 Å². The first-order chi connectivity index (χ1) is 11.6. The number of primary amides is 1. The van der Waals surface area contributed by atoms with Crippen LogP contribution in [0.4, 0.5) is 0 Å². The number of hydrogen-bond acceptors (Lipinski definition) is 4. The van der Waals surface area contributed by atoms with Gasteiger partial charge in [0.2, 0.25) is 5.91 Å². The Balaban J connectivity index is 1.85. The van der Waals surface area contributed by atoms with E-state index in [4.69, 9.17) is 10.5 Å². The van der Waals surface area contributed by atoms with Crippen molar-refractivity contribution in [2.75, 3.05) is 13.1 Å². The second-order valence-corrected chi connectivity index (χ2v) is 5.94. The van der Waals surface area contributed by atoms with E-state index in [9.17, 15) is 9.59 Å². The van der Waals surface area contributed by atoms with Crippen molar-refractivity contribution in [3.8, 4) is 0 Å². The molecule has 0 radical (unpaired) electrons. The molecule has 5 heteroatoms. The smallest absolute Gasteiger partial charge is 0.339 e. The van der Waals surface area contributed by atoms with E-state index in [1.54, 1.807) is 12.1 Å². The lowest BCUT2D eigenvalue weighted by Crippen LogP contribution is -2.43. The number of nitrogens with two attached hydrogens (primary N) is 1. The number of hydrogen-bond donors (Lipinski definition) is 2. The molecule has 3 N–H and O–H groups in total. The fraction of sp³-hybridized carbons (Fsp3) is 0.263. The Morgan fingerprint density at radius 2 is 1.50 bits per heavy atom. The zero-order valence-electron chi connectivity index (χ0n) is 13.3. The molecule has 1 aliphatic heterocycles. The highest BCUT2D eigenvalue weighted by Crippen LogP contribution is 2.35. The van der Waals surface area contributed by atoms with Crippen LogP contribution in [-0.2, 0) is 10.3 Å². The molecular weight excluding hydrogens is 304 g/mol. The van der Waals surface area contributed by atoms with Gasteiger partial charge in [-0.1, -0.05) is 30.3 Å². The van der Waals surface area contributed by atoms with E-state index >= 15 is 0 Å². The molecule has 0 unspecified atom stereocenters. The fourth-order valence-corrected chi connectivity index (χ4v) is 3.03. The van der Waals surface area contributed by atoms with Crippen molar-refractivity contribution in [3.63, 3.8) is 0 Å². The van der Waals surface area contributed by atoms with Crippen molar-refractivity contribution in [2.45, 2.75) is 18.4 Å². The van der Waals surface area contributed by atoms with Crippen LogP contribution in [0.25, 0.3) is 0 Å². The van der Waals surface area contributed by atoms with Crippen LogP contribution in [0, 0.1) is 0 Å². The van der Waals surface area contributed by atoms with Gasteiger partial charge in [0.25, 0.3) is 0 Å². The van der Waals surface area contributed by atoms with Gasteiger partial charge in [0.15, 0.2) is 0 Å². The van der Waals surface area contributed by atoms with E-state index in [1.807, 2.05) is 30.3 Å². The molecule has 1 heterocycles. The minimum atomic E-state index is -0.619. The molecule has 5 nitrogen and oxygen atoms in total. The Kier molecular flexibility index (Phi) is 4.62. The number of esters is 1. The Labute approximate surface area is 140 Å². The Morgan fingerprint density at radius 3 is 2.08 bits per heavy atom. The first kappa shape index (κ1) is 16.2. The molecule has 1 amide bonds. The lowest BCUT2D eigenvalue weighted by atomic mass is 9.84. The van der Waals surface area contributed by atoms with E-state index in [2.05, 4.69) is 5.32 Å². The van der Waals surface area contributed by atoms with Crippen LogP contribution in [0.15, 0.2) is 54.6 Å². The topological polar surface area (TPSA) is 81.4 Å². The van der Waals surface area contributed by atoms with Crippen LogP contribution in [0.1, 0.15) is 39.1 Å². The molecule has 2 aromatic rings. The van der Waals surface area contributed by atoms with Crippen LogP contribution in [0.5, 0.6) is 0 Å². The second kappa shape index (κ2) is 6.84. The van der Waals surface area contributed by atoms with Crippen molar-refractivity contribution in [1.82, 2.24) is 5.32 Å². The van der Waals surface area contributed by atoms with E-state index in [0.29, 0.717) is 11.1 Å². The average Bonchev–Trinajstić information content (AvgIpc) is 2.63. The SMILES string of the molecule is NC(=O)c1ccc(C(=O)OC2(c3ccccc3)CCNCC2)cc1. The number of amides is 1. The molecule has 2 aromatic carbocycles. The van der Waals surface area contributed by atoms with Crippen molar-refractivity contribution >= 4 is 11.9 Å². The third kappa shape index (κ3) is 3.31. The second-order valence-electron chi connectivity index (χ2n) is 5.94. The van der Waals surface area contributed by atoms with Gasteiger partial charge in [-0.3, -0.25) is 4.79 Å². The summed E-state index contributed by atoms with van der Waals surface area (Å²) in [5, 5.41) is 3.30. The van der Waals surface area contributed by atoms with Gasteiger partial charge in [-0.25, -0.2) is 4.79 Å². The molecule has 1 fully saturated rings. The number of carbonyl (C=O) groups is 2. The summed E-state index contributed by atoms with van der Waals surface area (Å²) in [7, 11) is 0. The first-order valence-electron chi connectivity index (χ1n) is 8.00. The Hall–Kier alpha value is -2.66. The lowest BCUT2D eigenvalue weighted by molar-refractivity contribution is -0.0378. The summed E-state index contributed by atoms with van der Waals surface area (Å²) in [6.07, 6.45) is 1.45. The van der Waals surface area contributed by atoms with Crippen LogP contribution in [-0.4, -0.2) is 25.0 Å². The summed E-state index contributed by atoms with van der Waals surface area (Å²) >= 11 is 0. The maximum atomic E-state index is 12.6. The zero-order valence-corrected chi connectivity index (χ0v) is 13.3. The summed E-state index contributed by atoms with van der Waals surface area (Å²) in [5.74, 6) is -0.911. The van der Waals surface area contributed by atoms with Gasteiger partial charge in [0.1, 0.15) is 5.60 Å². The number of piperidine rings is 1. The number of rotatable bonds is 4. The van der Waals surface area contributed by atoms with Gasteiger partial charge >= 0.3 is 5.97 Å². The molecule has 0 aliphatic carbocycles. The van der Waals surface area contributed by atoms with Crippen molar-refractivity contribution < 1.29 is 14.3 Å². The molecule has 1 aliphatic rings. The number of benzene rings is 2. The summed E-state index contributed by atoms with van der Waals surface area (Å²) in [4.78, 5) is 23.7. The third-order valence-electron chi connectivity index (χ3n) is 4.40. The van der Waals surface area contributed by atoms with Gasteiger partial charge < -0.3 is 15.8 Å². The summed E-state index contributed by atoms with van der Waals surface area (Å²) in [6.45, 7) is 1.59. The lowest BCUT2D eigenvalue weighted by Gasteiger charge is -2.37. The highest BCUT2D eigenvalue weighted by molar-refractivity contribution is 5.95. The molecular formula is C19H20N2O3. The van der Waals surface area contributed by atoms with Crippen molar-refractivity contribution in [3.05, 3.63) is 71.3 Å². The van der Waals surface area contributed by atoms with Crippen molar-refractivity contribution in [2.24, 2.45) is 5.73 Å². The predicted octanol–water partition coefficient (Wildman–Crippen LogP) is 2.22. The quantitative estimate of drug-likeness (QED) is 0.845. The molecule has 0 aromatic heterocycles. The Bertz CT molecular complexity index is 720.